The summed E-state index contributed by atoms with van der Waals surface area (Å²) in [5.74, 6) is 0.227. The van der Waals surface area contributed by atoms with E-state index in [9.17, 15) is 9.00 Å². The Balaban J connectivity index is 2.76. The zero-order chi connectivity index (χ0) is 14.1. The van der Waals surface area contributed by atoms with Crippen LogP contribution in [0.2, 0.25) is 0 Å². The van der Waals surface area contributed by atoms with Crippen LogP contribution in [0.4, 0.5) is 0 Å². The highest BCUT2D eigenvalue weighted by Crippen LogP contribution is 2.13. The normalized spacial score (nSPS) is 14.6. The molecule has 0 unspecified atom stereocenters. The summed E-state index contributed by atoms with van der Waals surface area (Å²) in [5, 5.41) is 2.87. The van der Waals surface area contributed by atoms with E-state index >= 15 is 0 Å². The Labute approximate surface area is 116 Å². The Morgan fingerprint density at radius 3 is 2.58 bits per heavy atom. The van der Waals surface area contributed by atoms with Crippen LogP contribution in [-0.4, -0.2) is 22.1 Å². The first kappa shape index (κ1) is 15.4. The molecule has 0 heterocycles. The second-order valence-electron chi connectivity index (χ2n) is 4.10. The van der Waals surface area contributed by atoms with Gasteiger partial charge in [0.05, 0.1) is 6.04 Å². The Morgan fingerprint density at radius 2 is 2.00 bits per heavy atom. The molecule has 0 bridgehead atoms. The summed E-state index contributed by atoms with van der Waals surface area (Å²) >= 11 is 0. The molecule has 0 saturated heterocycles. The maximum Gasteiger partial charge on any atom is 0.244 e. The van der Waals surface area contributed by atoms with Crippen LogP contribution in [0.3, 0.4) is 0 Å². The van der Waals surface area contributed by atoms with Gasteiger partial charge in [-0.15, -0.1) is 0 Å². The molecule has 0 fully saturated rings. The minimum absolute atomic E-state index is 0.183. The molecule has 102 valence electrons. The molecule has 19 heavy (non-hydrogen) atoms. The molecule has 0 spiro atoms. The van der Waals surface area contributed by atoms with Gasteiger partial charge in [-0.2, -0.15) is 0 Å². The van der Waals surface area contributed by atoms with Crippen LogP contribution >= 0.6 is 0 Å². The second-order valence-corrected chi connectivity index (χ2v) is 5.58. The molecule has 4 heteroatoms. The van der Waals surface area contributed by atoms with Gasteiger partial charge in [0.2, 0.25) is 5.91 Å². The van der Waals surface area contributed by atoms with Crippen molar-refractivity contribution in [1.82, 2.24) is 5.32 Å². The van der Waals surface area contributed by atoms with Crippen molar-refractivity contribution in [3.05, 3.63) is 60.2 Å². The smallest absolute Gasteiger partial charge is 0.244 e. The third-order valence-corrected chi connectivity index (χ3v) is 3.27. The van der Waals surface area contributed by atoms with E-state index in [1.165, 1.54) is 6.08 Å². The number of hydrogen-bond donors (Lipinski definition) is 1. The third-order valence-electron chi connectivity index (χ3n) is 2.47. The summed E-state index contributed by atoms with van der Waals surface area (Å²) in [7, 11) is -0.973. The van der Waals surface area contributed by atoms with Crippen molar-refractivity contribution in [2.45, 2.75) is 13.0 Å². The van der Waals surface area contributed by atoms with Crippen molar-refractivity contribution < 1.29 is 9.00 Å². The molecule has 2 atom stereocenters. The van der Waals surface area contributed by atoms with Crippen molar-refractivity contribution in [3.63, 3.8) is 0 Å². The van der Waals surface area contributed by atoms with Crippen molar-refractivity contribution >= 4 is 16.7 Å². The van der Waals surface area contributed by atoms with Gasteiger partial charge in [-0.1, -0.05) is 48.6 Å². The lowest BCUT2D eigenvalue weighted by molar-refractivity contribution is -0.117. The monoisotopic (exact) mass is 277 g/mol. The van der Waals surface area contributed by atoms with Crippen LogP contribution < -0.4 is 5.32 Å². The SMILES string of the molecule is C/C=C/C=C\C(=O)N[C@H](C[S@](C)=O)c1ccccc1. The average Bonchev–Trinajstić information content (AvgIpc) is 2.39. The molecule has 0 aliphatic carbocycles. The number of carbonyl (C=O) groups is 1. The topological polar surface area (TPSA) is 46.2 Å². The zero-order valence-electron chi connectivity index (χ0n) is 11.2. The molecule has 1 N–H and O–H groups in total. The van der Waals surface area contributed by atoms with E-state index in [-0.39, 0.29) is 11.9 Å². The van der Waals surface area contributed by atoms with Crippen LogP contribution in [0.15, 0.2) is 54.6 Å². The number of benzene rings is 1. The molecule has 1 aromatic carbocycles. The molecule has 0 saturated carbocycles. The second kappa shape index (κ2) is 8.43. The summed E-state index contributed by atoms with van der Waals surface area (Å²) in [6.45, 7) is 1.88. The van der Waals surface area contributed by atoms with Crippen LogP contribution in [0.5, 0.6) is 0 Å². The highest BCUT2D eigenvalue weighted by atomic mass is 32.2. The summed E-state index contributed by atoms with van der Waals surface area (Å²) in [4.78, 5) is 11.8. The first-order valence-electron chi connectivity index (χ1n) is 6.08. The van der Waals surface area contributed by atoms with Crippen LogP contribution in [0, 0.1) is 0 Å². The number of allylic oxidation sites excluding steroid dienone is 3. The third kappa shape index (κ3) is 6.15. The summed E-state index contributed by atoms with van der Waals surface area (Å²) in [6, 6.07) is 9.35. The number of nitrogens with one attached hydrogen (secondary N) is 1. The lowest BCUT2D eigenvalue weighted by Crippen LogP contribution is -2.30. The summed E-state index contributed by atoms with van der Waals surface area (Å²) in [6.07, 6.45) is 8.42. The van der Waals surface area contributed by atoms with Gasteiger partial charge >= 0.3 is 0 Å². The molecule has 3 nitrogen and oxygen atoms in total. The van der Waals surface area contributed by atoms with E-state index in [0.29, 0.717) is 5.75 Å². The predicted octanol–water partition coefficient (Wildman–Crippen LogP) is 2.35. The lowest BCUT2D eigenvalue weighted by Gasteiger charge is -2.17. The zero-order valence-corrected chi connectivity index (χ0v) is 12.0. The molecule has 0 aliphatic heterocycles. The first-order valence-corrected chi connectivity index (χ1v) is 7.81. The Kier molecular flexibility index (Phi) is 6.82. The Hall–Kier alpha value is -1.68. The number of rotatable bonds is 6. The van der Waals surface area contributed by atoms with Crippen molar-refractivity contribution in [2.24, 2.45) is 0 Å². The maximum atomic E-state index is 11.8. The highest BCUT2D eigenvalue weighted by Gasteiger charge is 2.14. The van der Waals surface area contributed by atoms with Crippen LogP contribution in [-0.2, 0) is 15.6 Å². The summed E-state index contributed by atoms with van der Waals surface area (Å²) < 4.78 is 11.4. The van der Waals surface area contributed by atoms with E-state index < -0.39 is 10.8 Å². The fourth-order valence-electron chi connectivity index (χ4n) is 1.62. The van der Waals surface area contributed by atoms with Gasteiger partial charge in [-0.05, 0) is 12.5 Å². The average molecular weight is 277 g/mol. The molecule has 1 amide bonds. The van der Waals surface area contributed by atoms with Gasteiger partial charge < -0.3 is 5.32 Å². The quantitative estimate of drug-likeness (QED) is 0.641. The van der Waals surface area contributed by atoms with Gasteiger partial charge in [0.15, 0.2) is 0 Å². The van der Waals surface area contributed by atoms with Gasteiger partial charge in [0.1, 0.15) is 0 Å². The lowest BCUT2D eigenvalue weighted by atomic mass is 10.1. The van der Waals surface area contributed by atoms with E-state index in [0.717, 1.165) is 5.56 Å². The minimum Gasteiger partial charge on any atom is -0.345 e. The highest BCUT2D eigenvalue weighted by molar-refractivity contribution is 7.84. The molecule has 1 aromatic rings. The van der Waals surface area contributed by atoms with E-state index in [1.807, 2.05) is 43.3 Å². The fourth-order valence-corrected chi connectivity index (χ4v) is 2.36. The Bertz CT molecular complexity index is 480. The van der Waals surface area contributed by atoms with Crippen molar-refractivity contribution in [2.75, 3.05) is 12.0 Å². The maximum absolute atomic E-state index is 11.8. The Morgan fingerprint density at radius 1 is 1.32 bits per heavy atom. The molecule has 0 radical (unpaired) electrons. The number of amides is 1. The number of hydrogen-bond acceptors (Lipinski definition) is 2. The molecule has 1 rings (SSSR count). The van der Waals surface area contributed by atoms with Crippen molar-refractivity contribution in [3.8, 4) is 0 Å². The van der Waals surface area contributed by atoms with E-state index in [1.54, 1.807) is 18.4 Å². The molecule has 0 aromatic heterocycles. The largest absolute Gasteiger partial charge is 0.345 e. The van der Waals surface area contributed by atoms with Gasteiger partial charge in [0, 0.05) is 28.9 Å². The van der Waals surface area contributed by atoms with E-state index in [4.69, 9.17) is 0 Å². The van der Waals surface area contributed by atoms with Crippen molar-refractivity contribution in [1.29, 1.82) is 0 Å². The predicted molar refractivity (Wildman–Crippen MR) is 80.2 cm³/mol. The van der Waals surface area contributed by atoms with Crippen LogP contribution in [0.25, 0.3) is 0 Å². The molecule has 0 aliphatic rings. The summed E-state index contributed by atoms with van der Waals surface area (Å²) in [5.41, 5.74) is 0.963. The standard InChI is InChI=1S/C15H19NO2S/c1-3-4-6-11-15(17)16-14(12-19(2)18)13-9-7-5-8-10-13/h3-11,14H,12H2,1-2H3,(H,16,17)/b4-3+,11-6-/t14-,19+/m1/s1. The fraction of sp³-hybridized carbons (Fsp3) is 0.267. The van der Waals surface area contributed by atoms with Gasteiger partial charge in [0.25, 0.3) is 0 Å². The molecular weight excluding hydrogens is 258 g/mol. The minimum atomic E-state index is -0.973. The van der Waals surface area contributed by atoms with Gasteiger partial charge in [-0.3, -0.25) is 9.00 Å². The molecular formula is C15H19NO2S. The van der Waals surface area contributed by atoms with Crippen LogP contribution in [0.1, 0.15) is 18.5 Å². The van der Waals surface area contributed by atoms with Gasteiger partial charge in [-0.25, -0.2) is 0 Å². The first-order chi connectivity index (χ1) is 9.13. The van der Waals surface area contributed by atoms with E-state index in [2.05, 4.69) is 5.32 Å². The number of carbonyl (C=O) groups excluding carboxylic acids is 1.